The van der Waals surface area contributed by atoms with Gasteiger partial charge in [-0.2, -0.15) is 0 Å². The van der Waals surface area contributed by atoms with Crippen LogP contribution >= 0.6 is 11.6 Å². The smallest absolute Gasteiger partial charge is 0.244 e. The van der Waals surface area contributed by atoms with Crippen LogP contribution in [0.25, 0.3) is 0 Å². The lowest BCUT2D eigenvalue weighted by Crippen LogP contribution is -2.67. The Kier molecular flexibility index (Phi) is 8.83. The molecular formula is C26H40ClN5O3. The van der Waals surface area contributed by atoms with Crippen LogP contribution in [0.15, 0.2) is 24.3 Å². The number of amides is 3. The largest absolute Gasteiger partial charge is 0.347 e. The van der Waals surface area contributed by atoms with E-state index in [2.05, 4.69) is 29.4 Å². The minimum Gasteiger partial charge on any atom is -0.347 e. The standard InChI is InChI=1S/C26H40ClN5O3/c1-17(2)11-21(25(35)30(5)6)29-24(34)18-12-19(14-28-13-18)32-15-23(33)31(16-26(32,3)4)22-10-8-7-9-20(22)27/h7-10,17-19,21,28H,11-16H2,1-6H3,(H,29,34)/t18-,19+,21-/m0/s1. The van der Waals surface area contributed by atoms with Crippen LogP contribution in [0, 0.1) is 11.8 Å². The van der Waals surface area contributed by atoms with E-state index in [0.717, 1.165) is 5.69 Å². The highest BCUT2D eigenvalue weighted by Gasteiger charge is 2.44. The highest BCUT2D eigenvalue weighted by molar-refractivity contribution is 6.33. The number of benzene rings is 1. The molecule has 0 aromatic heterocycles. The second kappa shape index (κ2) is 11.3. The lowest BCUT2D eigenvalue weighted by molar-refractivity contribution is -0.137. The van der Waals surface area contributed by atoms with Crippen LogP contribution < -0.4 is 15.5 Å². The van der Waals surface area contributed by atoms with Gasteiger partial charge in [0.15, 0.2) is 0 Å². The van der Waals surface area contributed by atoms with Crippen molar-refractivity contribution >= 4 is 35.0 Å². The van der Waals surface area contributed by atoms with E-state index >= 15 is 0 Å². The first kappa shape index (κ1) is 27.4. The molecule has 9 heteroatoms. The molecule has 2 fully saturated rings. The van der Waals surface area contributed by atoms with E-state index in [9.17, 15) is 14.4 Å². The zero-order valence-corrected chi connectivity index (χ0v) is 22.6. The van der Waals surface area contributed by atoms with E-state index in [1.165, 1.54) is 4.90 Å². The van der Waals surface area contributed by atoms with Crippen molar-refractivity contribution in [1.82, 2.24) is 20.4 Å². The van der Waals surface area contributed by atoms with Crippen molar-refractivity contribution in [2.75, 3.05) is 45.2 Å². The van der Waals surface area contributed by atoms with E-state index in [0.29, 0.717) is 37.5 Å². The summed E-state index contributed by atoms with van der Waals surface area (Å²) in [4.78, 5) is 44.5. The number of anilines is 1. The number of nitrogens with zero attached hydrogens (tertiary/aromatic N) is 3. The summed E-state index contributed by atoms with van der Waals surface area (Å²) in [5, 5.41) is 6.96. The van der Waals surface area contributed by atoms with Gasteiger partial charge in [0.2, 0.25) is 17.7 Å². The van der Waals surface area contributed by atoms with Crippen LogP contribution in [0.5, 0.6) is 0 Å². The molecule has 2 saturated heterocycles. The monoisotopic (exact) mass is 505 g/mol. The predicted octanol–water partition coefficient (Wildman–Crippen LogP) is 2.36. The van der Waals surface area contributed by atoms with Gasteiger partial charge in [-0.1, -0.05) is 37.6 Å². The van der Waals surface area contributed by atoms with E-state index in [1.54, 1.807) is 25.1 Å². The summed E-state index contributed by atoms with van der Waals surface area (Å²) in [6.45, 7) is 10.4. The topological polar surface area (TPSA) is 85.0 Å². The number of rotatable bonds is 7. The van der Waals surface area contributed by atoms with Gasteiger partial charge in [-0.3, -0.25) is 19.3 Å². The first-order valence-electron chi connectivity index (χ1n) is 12.4. The lowest BCUT2D eigenvalue weighted by atomic mass is 9.88. The number of nitrogens with one attached hydrogen (secondary N) is 2. The molecule has 3 amide bonds. The maximum atomic E-state index is 13.2. The van der Waals surface area contributed by atoms with Crippen molar-refractivity contribution < 1.29 is 14.4 Å². The fourth-order valence-electron chi connectivity index (χ4n) is 5.18. The quantitative estimate of drug-likeness (QED) is 0.594. The summed E-state index contributed by atoms with van der Waals surface area (Å²) in [6.07, 6.45) is 1.23. The Morgan fingerprint density at radius 1 is 1.23 bits per heavy atom. The van der Waals surface area contributed by atoms with Gasteiger partial charge in [0.1, 0.15) is 6.04 Å². The Bertz CT molecular complexity index is 935. The molecule has 3 rings (SSSR count). The number of hydrogen-bond donors (Lipinski definition) is 2. The predicted molar refractivity (Wildman–Crippen MR) is 139 cm³/mol. The SMILES string of the molecule is CC(C)C[C@H](NC(=O)[C@@H]1CNC[C@H](N2CC(=O)N(c3ccccc3Cl)CC2(C)C)C1)C(=O)N(C)C. The number of piperazine rings is 1. The zero-order chi connectivity index (χ0) is 25.9. The van der Waals surface area contributed by atoms with E-state index < -0.39 is 6.04 Å². The molecule has 0 radical (unpaired) electrons. The summed E-state index contributed by atoms with van der Waals surface area (Å²) < 4.78 is 0. The van der Waals surface area contributed by atoms with Crippen molar-refractivity contribution in [1.29, 1.82) is 0 Å². The Morgan fingerprint density at radius 3 is 2.54 bits per heavy atom. The Hall–Kier alpha value is -2.16. The number of piperidine rings is 1. The summed E-state index contributed by atoms with van der Waals surface area (Å²) in [5.74, 6) is -0.192. The van der Waals surface area contributed by atoms with Gasteiger partial charge in [0.05, 0.1) is 23.2 Å². The highest BCUT2D eigenvalue weighted by Crippen LogP contribution is 2.33. The minimum absolute atomic E-state index is 0.00224. The number of para-hydroxylation sites is 1. The van der Waals surface area contributed by atoms with Gasteiger partial charge >= 0.3 is 0 Å². The van der Waals surface area contributed by atoms with E-state index in [4.69, 9.17) is 11.6 Å². The molecule has 8 nitrogen and oxygen atoms in total. The van der Waals surface area contributed by atoms with Gasteiger partial charge in [-0.25, -0.2) is 0 Å². The average Bonchev–Trinajstić information content (AvgIpc) is 2.79. The van der Waals surface area contributed by atoms with Gasteiger partial charge in [0.25, 0.3) is 0 Å². The summed E-state index contributed by atoms with van der Waals surface area (Å²) >= 11 is 6.38. The minimum atomic E-state index is -0.532. The normalized spacial score (nSPS) is 23.8. The number of carbonyl (C=O) groups is 3. The molecule has 0 aliphatic carbocycles. The van der Waals surface area contributed by atoms with Gasteiger partial charge in [0, 0.05) is 45.3 Å². The second-order valence-corrected chi connectivity index (χ2v) is 11.4. The Labute approximate surface area is 214 Å². The third-order valence-corrected chi connectivity index (χ3v) is 7.29. The van der Waals surface area contributed by atoms with E-state index in [1.807, 2.05) is 32.0 Å². The first-order chi connectivity index (χ1) is 16.4. The average molecular weight is 506 g/mol. The molecule has 194 valence electrons. The summed E-state index contributed by atoms with van der Waals surface area (Å²) in [5.41, 5.74) is 0.423. The molecular weight excluding hydrogens is 466 g/mol. The second-order valence-electron chi connectivity index (χ2n) is 11.0. The van der Waals surface area contributed by atoms with Crippen LogP contribution in [-0.2, 0) is 14.4 Å². The van der Waals surface area contributed by atoms with Crippen LogP contribution in [0.3, 0.4) is 0 Å². The molecule has 1 aromatic rings. The number of likely N-dealkylation sites (N-methyl/N-ethyl adjacent to an activating group) is 1. The van der Waals surface area contributed by atoms with Crippen molar-refractivity contribution in [3.8, 4) is 0 Å². The van der Waals surface area contributed by atoms with Crippen LogP contribution in [0.4, 0.5) is 5.69 Å². The van der Waals surface area contributed by atoms with Crippen LogP contribution in [-0.4, -0.2) is 85.4 Å². The molecule has 35 heavy (non-hydrogen) atoms. The van der Waals surface area contributed by atoms with Gasteiger partial charge < -0.3 is 20.4 Å². The van der Waals surface area contributed by atoms with Gasteiger partial charge in [-0.15, -0.1) is 0 Å². The molecule has 0 bridgehead atoms. The van der Waals surface area contributed by atoms with E-state index in [-0.39, 0.29) is 47.7 Å². The number of halogens is 1. The molecule has 0 unspecified atom stereocenters. The summed E-state index contributed by atoms with van der Waals surface area (Å²) in [6, 6.07) is 6.90. The fraction of sp³-hybridized carbons (Fsp3) is 0.654. The molecule has 0 spiro atoms. The maximum Gasteiger partial charge on any atom is 0.244 e. The molecule has 2 aliphatic rings. The fourth-order valence-corrected chi connectivity index (χ4v) is 5.41. The lowest BCUT2D eigenvalue weighted by Gasteiger charge is -2.51. The molecule has 2 heterocycles. The molecule has 2 aliphatic heterocycles. The molecule has 1 aromatic carbocycles. The molecule has 2 N–H and O–H groups in total. The van der Waals surface area contributed by atoms with Crippen LogP contribution in [0.2, 0.25) is 5.02 Å². The summed E-state index contributed by atoms with van der Waals surface area (Å²) in [7, 11) is 3.42. The molecule has 3 atom stereocenters. The Balaban J connectivity index is 1.70. The zero-order valence-electron chi connectivity index (χ0n) is 21.8. The van der Waals surface area contributed by atoms with Gasteiger partial charge in [-0.05, 0) is 44.7 Å². The van der Waals surface area contributed by atoms with Crippen molar-refractivity contribution in [2.24, 2.45) is 11.8 Å². The van der Waals surface area contributed by atoms with Crippen molar-refractivity contribution in [2.45, 2.75) is 58.2 Å². The molecule has 0 saturated carbocycles. The number of carbonyl (C=O) groups excluding carboxylic acids is 3. The maximum absolute atomic E-state index is 13.2. The van der Waals surface area contributed by atoms with Crippen LogP contribution in [0.1, 0.15) is 40.5 Å². The van der Waals surface area contributed by atoms with Crippen molar-refractivity contribution in [3.63, 3.8) is 0 Å². The first-order valence-corrected chi connectivity index (χ1v) is 12.8. The van der Waals surface area contributed by atoms with Crippen molar-refractivity contribution in [3.05, 3.63) is 29.3 Å². The highest BCUT2D eigenvalue weighted by atomic mass is 35.5. The Morgan fingerprint density at radius 2 is 1.91 bits per heavy atom. The third-order valence-electron chi connectivity index (χ3n) is 6.97. The number of hydrogen-bond acceptors (Lipinski definition) is 5. The third kappa shape index (κ3) is 6.54.